The largest absolute Gasteiger partial charge is 0.236 e. The first-order valence-corrected chi connectivity index (χ1v) is 5.62. The topological polar surface area (TPSA) is 25.8 Å². The molecule has 0 saturated heterocycles. The van der Waals surface area contributed by atoms with E-state index in [1.807, 2.05) is 30.5 Å². The van der Waals surface area contributed by atoms with Gasteiger partial charge < -0.3 is 0 Å². The Bertz CT molecular complexity index is 662. The summed E-state index contributed by atoms with van der Waals surface area (Å²) >= 11 is 0. The molecule has 0 unspecified atom stereocenters. The zero-order chi connectivity index (χ0) is 11.7. The van der Waals surface area contributed by atoms with Gasteiger partial charge in [-0.2, -0.15) is 0 Å². The van der Waals surface area contributed by atoms with Gasteiger partial charge in [0.2, 0.25) is 0 Å². The van der Waals surface area contributed by atoms with Gasteiger partial charge in [-0.1, -0.05) is 47.9 Å². The van der Waals surface area contributed by atoms with E-state index in [9.17, 15) is 0 Å². The van der Waals surface area contributed by atoms with Crippen LogP contribution in [0, 0.1) is 0 Å². The molecule has 0 fully saturated rings. The van der Waals surface area contributed by atoms with E-state index in [4.69, 9.17) is 0 Å². The van der Waals surface area contributed by atoms with Crippen LogP contribution in [0.2, 0.25) is 0 Å². The first-order chi connectivity index (χ1) is 8.33. The van der Waals surface area contributed by atoms with Crippen LogP contribution in [0.15, 0.2) is 54.7 Å². The van der Waals surface area contributed by atoms with Crippen molar-refractivity contribution >= 4 is 24.2 Å². The second-order valence-electron chi connectivity index (χ2n) is 4.12. The van der Waals surface area contributed by atoms with E-state index in [1.165, 1.54) is 5.46 Å². The minimum absolute atomic E-state index is 0.781. The predicted molar refractivity (Wildman–Crippen MR) is 73.2 cm³/mol. The molecule has 0 bridgehead atoms. The van der Waals surface area contributed by atoms with Crippen LogP contribution in [0.1, 0.15) is 0 Å². The second kappa shape index (κ2) is 4.02. The molecule has 3 rings (SSSR count). The molecule has 0 spiro atoms. The van der Waals surface area contributed by atoms with Crippen LogP contribution in [0.4, 0.5) is 0 Å². The van der Waals surface area contributed by atoms with Gasteiger partial charge in [-0.05, 0) is 6.07 Å². The van der Waals surface area contributed by atoms with E-state index in [0.717, 1.165) is 22.3 Å². The summed E-state index contributed by atoms with van der Waals surface area (Å²) in [6.07, 6.45) is 1.87. The molecule has 80 valence electrons. The van der Waals surface area contributed by atoms with Crippen molar-refractivity contribution in [3.05, 3.63) is 54.7 Å². The number of fused-ring (bicyclic) bond motifs is 1. The number of benzene rings is 2. The van der Waals surface area contributed by atoms with Crippen LogP contribution < -0.4 is 5.46 Å². The van der Waals surface area contributed by atoms with Crippen molar-refractivity contribution in [1.82, 2.24) is 9.97 Å². The quantitative estimate of drug-likeness (QED) is 0.579. The standard InChI is InChI=1S/C14H11BN2/c15-12-7-5-10(6-8-12)14-16-9-11-3-1-2-4-13(11)17-14/h1-9H,15H2. The Kier molecular flexibility index (Phi) is 2.37. The first kappa shape index (κ1) is 10.0. The summed E-state index contributed by atoms with van der Waals surface area (Å²) in [6.45, 7) is 0. The van der Waals surface area contributed by atoms with Crippen molar-refractivity contribution < 1.29 is 0 Å². The minimum Gasteiger partial charge on any atom is -0.236 e. The molecular weight excluding hydrogens is 207 g/mol. The number of nitrogens with zero attached hydrogens (tertiary/aromatic N) is 2. The van der Waals surface area contributed by atoms with Crippen molar-refractivity contribution in [3.8, 4) is 11.4 Å². The van der Waals surface area contributed by atoms with Crippen molar-refractivity contribution in [3.63, 3.8) is 0 Å². The third-order valence-electron chi connectivity index (χ3n) is 2.80. The Morgan fingerprint density at radius 3 is 2.47 bits per heavy atom. The van der Waals surface area contributed by atoms with Gasteiger partial charge in [0, 0.05) is 17.1 Å². The molecule has 0 aliphatic heterocycles. The highest BCUT2D eigenvalue weighted by Gasteiger charge is 2.01. The van der Waals surface area contributed by atoms with E-state index < -0.39 is 0 Å². The summed E-state index contributed by atoms with van der Waals surface area (Å²) in [6, 6.07) is 16.3. The lowest BCUT2D eigenvalue weighted by Crippen LogP contribution is -2.00. The van der Waals surface area contributed by atoms with Crippen molar-refractivity contribution in [2.75, 3.05) is 0 Å². The van der Waals surface area contributed by atoms with Crippen LogP contribution in [-0.2, 0) is 0 Å². The Hall–Kier alpha value is -2.16. The van der Waals surface area contributed by atoms with Gasteiger partial charge >= 0.3 is 0 Å². The van der Waals surface area contributed by atoms with Crippen LogP contribution >= 0.6 is 0 Å². The van der Waals surface area contributed by atoms with Gasteiger partial charge in [-0.3, -0.25) is 0 Å². The summed E-state index contributed by atoms with van der Waals surface area (Å²) in [5, 5.41) is 1.07. The summed E-state index contributed by atoms with van der Waals surface area (Å²) in [4.78, 5) is 8.96. The lowest BCUT2D eigenvalue weighted by molar-refractivity contribution is 1.23. The van der Waals surface area contributed by atoms with Crippen LogP contribution in [0.25, 0.3) is 22.3 Å². The highest BCUT2D eigenvalue weighted by molar-refractivity contribution is 6.32. The highest BCUT2D eigenvalue weighted by atomic mass is 14.9. The SMILES string of the molecule is Bc1ccc(-c2ncc3ccccc3n2)cc1. The molecule has 0 aliphatic carbocycles. The maximum atomic E-state index is 4.56. The smallest absolute Gasteiger partial charge is 0.159 e. The fraction of sp³-hybridized carbons (Fsp3) is 0. The Balaban J connectivity index is 2.14. The average Bonchev–Trinajstić information content (AvgIpc) is 2.39. The lowest BCUT2D eigenvalue weighted by atomic mass is 9.95. The predicted octanol–water partition coefficient (Wildman–Crippen LogP) is 1.56. The molecule has 0 aliphatic rings. The number of aromatic nitrogens is 2. The Labute approximate surface area is 101 Å². The highest BCUT2D eigenvalue weighted by Crippen LogP contribution is 2.17. The molecule has 2 aromatic carbocycles. The first-order valence-electron chi connectivity index (χ1n) is 5.62. The summed E-state index contributed by atoms with van der Waals surface area (Å²) in [7, 11) is 2.07. The fourth-order valence-corrected chi connectivity index (χ4v) is 1.81. The summed E-state index contributed by atoms with van der Waals surface area (Å²) in [5.41, 5.74) is 3.29. The van der Waals surface area contributed by atoms with Crippen molar-refractivity contribution in [2.24, 2.45) is 0 Å². The number of hydrogen-bond acceptors (Lipinski definition) is 2. The summed E-state index contributed by atoms with van der Waals surface area (Å²) in [5.74, 6) is 0.781. The molecule has 1 heterocycles. The van der Waals surface area contributed by atoms with Gasteiger partial charge in [0.25, 0.3) is 0 Å². The third-order valence-corrected chi connectivity index (χ3v) is 2.80. The minimum atomic E-state index is 0.781. The second-order valence-corrected chi connectivity index (χ2v) is 4.12. The van der Waals surface area contributed by atoms with Gasteiger partial charge in [0.05, 0.1) is 5.52 Å². The molecule has 0 radical (unpaired) electrons. The van der Waals surface area contributed by atoms with E-state index in [-0.39, 0.29) is 0 Å². The monoisotopic (exact) mass is 218 g/mol. The normalized spacial score (nSPS) is 10.6. The van der Waals surface area contributed by atoms with E-state index in [1.54, 1.807) is 0 Å². The van der Waals surface area contributed by atoms with Crippen molar-refractivity contribution in [1.29, 1.82) is 0 Å². The van der Waals surface area contributed by atoms with Crippen molar-refractivity contribution in [2.45, 2.75) is 0 Å². The van der Waals surface area contributed by atoms with Gasteiger partial charge in [0.15, 0.2) is 5.82 Å². The fourth-order valence-electron chi connectivity index (χ4n) is 1.81. The molecule has 3 aromatic rings. The van der Waals surface area contributed by atoms with Gasteiger partial charge in [-0.25, -0.2) is 9.97 Å². The van der Waals surface area contributed by atoms with Crippen LogP contribution in [-0.4, -0.2) is 17.8 Å². The molecule has 3 heteroatoms. The molecule has 0 N–H and O–H groups in total. The number of para-hydroxylation sites is 1. The Morgan fingerprint density at radius 2 is 1.65 bits per heavy atom. The zero-order valence-corrected chi connectivity index (χ0v) is 9.59. The molecular formula is C14H11BN2. The molecule has 0 amide bonds. The molecule has 2 nitrogen and oxygen atoms in total. The van der Waals surface area contributed by atoms with Crippen LogP contribution in [0.5, 0.6) is 0 Å². The molecule has 1 aromatic heterocycles. The Morgan fingerprint density at radius 1 is 0.882 bits per heavy atom. The van der Waals surface area contributed by atoms with Crippen LogP contribution in [0.3, 0.4) is 0 Å². The lowest BCUT2D eigenvalue weighted by Gasteiger charge is -2.02. The maximum Gasteiger partial charge on any atom is 0.159 e. The van der Waals surface area contributed by atoms with E-state index in [0.29, 0.717) is 0 Å². The number of rotatable bonds is 1. The molecule has 17 heavy (non-hydrogen) atoms. The molecule has 0 atom stereocenters. The molecule has 0 saturated carbocycles. The van der Waals surface area contributed by atoms with E-state index >= 15 is 0 Å². The zero-order valence-electron chi connectivity index (χ0n) is 9.59. The number of hydrogen-bond donors (Lipinski definition) is 0. The average molecular weight is 218 g/mol. The summed E-state index contributed by atoms with van der Waals surface area (Å²) < 4.78 is 0. The van der Waals surface area contributed by atoms with Gasteiger partial charge in [-0.15, -0.1) is 0 Å². The third kappa shape index (κ3) is 1.92. The maximum absolute atomic E-state index is 4.56. The van der Waals surface area contributed by atoms with Gasteiger partial charge in [0.1, 0.15) is 7.85 Å². The van der Waals surface area contributed by atoms with E-state index in [2.05, 4.69) is 42.1 Å².